The van der Waals surface area contributed by atoms with Gasteiger partial charge in [0.2, 0.25) is 0 Å². The van der Waals surface area contributed by atoms with E-state index in [4.69, 9.17) is 9.47 Å². The fourth-order valence-electron chi connectivity index (χ4n) is 1.71. The van der Waals surface area contributed by atoms with Crippen molar-refractivity contribution < 1.29 is 14.6 Å². The van der Waals surface area contributed by atoms with Crippen LogP contribution in [0.5, 0.6) is 0 Å². The van der Waals surface area contributed by atoms with Crippen LogP contribution < -0.4 is 0 Å². The van der Waals surface area contributed by atoms with E-state index < -0.39 is 0 Å². The third-order valence-corrected chi connectivity index (χ3v) is 2.46. The largest absolute Gasteiger partial charge is 0.393 e. The standard InChI is InChI=1S/C13H20O3/c1-10(14)7-11-5-4-6-12(8-11)13(16-3)9-15-2/h4-6,8,10,13-14H,7,9H2,1-3H3. The summed E-state index contributed by atoms with van der Waals surface area (Å²) in [6.07, 6.45) is 0.301. The van der Waals surface area contributed by atoms with Crippen molar-refractivity contribution in [1.29, 1.82) is 0 Å². The Kier molecular flexibility index (Phi) is 5.46. The number of aliphatic hydroxyl groups is 1. The number of hydrogen-bond donors (Lipinski definition) is 1. The predicted octanol–water partition coefficient (Wildman–Crippen LogP) is 1.94. The maximum absolute atomic E-state index is 9.34. The maximum atomic E-state index is 9.34. The van der Waals surface area contributed by atoms with Crippen LogP contribution in [0.4, 0.5) is 0 Å². The van der Waals surface area contributed by atoms with Gasteiger partial charge in [-0.25, -0.2) is 0 Å². The smallest absolute Gasteiger partial charge is 0.105 e. The molecule has 0 heterocycles. The second-order valence-corrected chi connectivity index (χ2v) is 3.98. The molecule has 2 unspecified atom stereocenters. The van der Waals surface area contributed by atoms with Crippen LogP contribution in [0.25, 0.3) is 0 Å². The lowest BCUT2D eigenvalue weighted by Gasteiger charge is -2.16. The van der Waals surface area contributed by atoms with Crippen LogP contribution in [0.2, 0.25) is 0 Å². The zero-order valence-corrected chi connectivity index (χ0v) is 10.1. The lowest BCUT2D eigenvalue weighted by Crippen LogP contribution is -2.10. The van der Waals surface area contributed by atoms with Crippen molar-refractivity contribution in [3.63, 3.8) is 0 Å². The summed E-state index contributed by atoms with van der Waals surface area (Å²) in [4.78, 5) is 0. The monoisotopic (exact) mass is 224 g/mol. The van der Waals surface area contributed by atoms with Crippen LogP contribution in [0.3, 0.4) is 0 Å². The fourth-order valence-corrected chi connectivity index (χ4v) is 1.71. The number of aliphatic hydroxyl groups excluding tert-OH is 1. The molecule has 0 aliphatic rings. The minimum atomic E-state index is -0.321. The molecule has 0 radical (unpaired) electrons. The first-order valence-corrected chi connectivity index (χ1v) is 5.46. The maximum Gasteiger partial charge on any atom is 0.105 e. The van der Waals surface area contributed by atoms with Gasteiger partial charge in [-0.05, 0) is 24.5 Å². The van der Waals surface area contributed by atoms with E-state index in [2.05, 4.69) is 6.07 Å². The molecule has 1 aromatic carbocycles. The third kappa shape index (κ3) is 3.93. The molecule has 16 heavy (non-hydrogen) atoms. The molecule has 1 aromatic rings. The number of methoxy groups -OCH3 is 2. The van der Waals surface area contributed by atoms with E-state index in [1.54, 1.807) is 21.1 Å². The highest BCUT2D eigenvalue weighted by atomic mass is 16.5. The first-order chi connectivity index (χ1) is 7.67. The van der Waals surface area contributed by atoms with E-state index in [0.717, 1.165) is 11.1 Å². The van der Waals surface area contributed by atoms with Gasteiger partial charge in [-0.15, -0.1) is 0 Å². The van der Waals surface area contributed by atoms with Gasteiger partial charge in [0, 0.05) is 14.2 Å². The van der Waals surface area contributed by atoms with Crippen molar-refractivity contribution in [3.05, 3.63) is 35.4 Å². The summed E-state index contributed by atoms with van der Waals surface area (Å²) >= 11 is 0. The zero-order valence-electron chi connectivity index (χ0n) is 10.1. The SMILES string of the molecule is COCC(OC)c1cccc(CC(C)O)c1. The Hall–Kier alpha value is -0.900. The molecule has 0 saturated heterocycles. The number of hydrogen-bond acceptors (Lipinski definition) is 3. The highest BCUT2D eigenvalue weighted by Gasteiger charge is 2.10. The van der Waals surface area contributed by atoms with E-state index >= 15 is 0 Å². The van der Waals surface area contributed by atoms with Crippen LogP contribution in [0.15, 0.2) is 24.3 Å². The van der Waals surface area contributed by atoms with Crippen LogP contribution in [-0.4, -0.2) is 32.0 Å². The van der Waals surface area contributed by atoms with Crippen molar-refractivity contribution in [1.82, 2.24) is 0 Å². The molecule has 3 heteroatoms. The topological polar surface area (TPSA) is 38.7 Å². The van der Waals surface area contributed by atoms with Gasteiger partial charge in [-0.1, -0.05) is 24.3 Å². The van der Waals surface area contributed by atoms with E-state index in [0.29, 0.717) is 13.0 Å². The minimum Gasteiger partial charge on any atom is -0.393 e. The van der Waals surface area contributed by atoms with Gasteiger partial charge < -0.3 is 14.6 Å². The molecule has 0 aliphatic carbocycles. The van der Waals surface area contributed by atoms with E-state index in [1.165, 1.54) is 0 Å². The number of rotatable bonds is 6. The van der Waals surface area contributed by atoms with Crippen LogP contribution >= 0.6 is 0 Å². The average molecular weight is 224 g/mol. The molecule has 0 spiro atoms. The van der Waals surface area contributed by atoms with Gasteiger partial charge in [0.05, 0.1) is 12.7 Å². The molecular formula is C13H20O3. The fraction of sp³-hybridized carbons (Fsp3) is 0.538. The molecule has 0 bridgehead atoms. The molecular weight excluding hydrogens is 204 g/mol. The number of benzene rings is 1. The molecule has 1 rings (SSSR count). The zero-order chi connectivity index (χ0) is 12.0. The third-order valence-electron chi connectivity index (χ3n) is 2.46. The van der Waals surface area contributed by atoms with Gasteiger partial charge in [0.15, 0.2) is 0 Å². The summed E-state index contributed by atoms with van der Waals surface area (Å²) in [5.74, 6) is 0. The summed E-state index contributed by atoms with van der Waals surface area (Å²) < 4.78 is 10.4. The second-order valence-electron chi connectivity index (χ2n) is 3.98. The van der Waals surface area contributed by atoms with Gasteiger partial charge in [-0.3, -0.25) is 0 Å². The van der Waals surface area contributed by atoms with Crippen LogP contribution in [0, 0.1) is 0 Å². The molecule has 0 saturated carbocycles. The van der Waals surface area contributed by atoms with E-state index in [9.17, 15) is 5.11 Å². The molecule has 1 N–H and O–H groups in total. The Labute approximate surface area is 97.0 Å². The van der Waals surface area contributed by atoms with Crippen LogP contribution in [-0.2, 0) is 15.9 Å². The molecule has 90 valence electrons. The lowest BCUT2D eigenvalue weighted by atomic mass is 10.0. The van der Waals surface area contributed by atoms with E-state index in [1.807, 2.05) is 18.2 Å². The molecule has 0 amide bonds. The van der Waals surface area contributed by atoms with Gasteiger partial charge in [0.25, 0.3) is 0 Å². The molecule has 0 aliphatic heterocycles. The van der Waals surface area contributed by atoms with Crippen molar-refractivity contribution >= 4 is 0 Å². The summed E-state index contributed by atoms with van der Waals surface area (Å²) in [6, 6.07) is 8.06. The van der Waals surface area contributed by atoms with Crippen molar-refractivity contribution in [2.45, 2.75) is 25.6 Å². The van der Waals surface area contributed by atoms with Gasteiger partial charge in [0.1, 0.15) is 6.10 Å². The first kappa shape index (κ1) is 13.2. The minimum absolute atomic E-state index is 0.0426. The Balaban J connectivity index is 2.79. The first-order valence-electron chi connectivity index (χ1n) is 5.46. The Morgan fingerprint density at radius 2 is 2.06 bits per heavy atom. The molecule has 2 atom stereocenters. The van der Waals surface area contributed by atoms with Crippen LogP contribution in [0.1, 0.15) is 24.2 Å². The Bertz CT molecular complexity index is 310. The molecule has 0 fully saturated rings. The summed E-state index contributed by atoms with van der Waals surface area (Å²) in [6.45, 7) is 2.32. The van der Waals surface area contributed by atoms with Gasteiger partial charge >= 0.3 is 0 Å². The Morgan fingerprint density at radius 3 is 2.62 bits per heavy atom. The molecule has 0 aromatic heterocycles. The molecule has 3 nitrogen and oxygen atoms in total. The highest BCUT2D eigenvalue weighted by Crippen LogP contribution is 2.18. The number of ether oxygens (including phenoxy) is 2. The Morgan fingerprint density at radius 1 is 1.31 bits per heavy atom. The predicted molar refractivity (Wildman–Crippen MR) is 63.5 cm³/mol. The second kappa shape index (κ2) is 6.63. The van der Waals surface area contributed by atoms with Crippen molar-refractivity contribution in [3.8, 4) is 0 Å². The average Bonchev–Trinajstić information content (AvgIpc) is 2.25. The summed E-state index contributed by atoms with van der Waals surface area (Å²) in [7, 11) is 3.33. The van der Waals surface area contributed by atoms with Gasteiger partial charge in [-0.2, -0.15) is 0 Å². The normalized spacial score (nSPS) is 14.8. The highest BCUT2D eigenvalue weighted by molar-refractivity contribution is 5.26. The van der Waals surface area contributed by atoms with E-state index in [-0.39, 0.29) is 12.2 Å². The summed E-state index contributed by atoms with van der Waals surface area (Å²) in [5, 5.41) is 9.34. The summed E-state index contributed by atoms with van der Waals surface area (Å²) in [5.41, 5.74) is 2.20. The van der Waals surface area contributed by atoms with Crippen molar-refractivity contribution in [2.75, 3.05) is 20.8 Å². The van der Waals surface area contributed by atoms with Crippen molar-refractivity contribution in [2.24, 2.45) is 0 Å². The lowest BCUT2D eigenvalue weighted by molar-refractivity contribution is 0.0274. The quantitative estimate of drug-likeness (QED) is 0.802.